The minimum Gasteiger partial charge on any atom is -0.326 e. The van der Waals surface area contributed by atoms with Crippen LogP contribution >= 0.6 is 0 Å². The zero-order valence-electron chi connectivity index (χ0n) is 12.9. The monoisotopic (exact) mass is 321 g/mol. The average molecular weight is 321 g/mol. The van der Waals surface area contributed by atoms with Gasteiger partial charge in [0.1, 0.15) is 0 Å². The highest BCUT2D eigenvalue weighted by atomic mass is 16.2. The maximum absolute atomic E-state index is 12.2. The number of nitrogens with one attached hydrogen (secondary N) is 2. The van der Waals surface area contributed by atoms with E-state index in [0.717, 1.165) is 5.69 Å². The van der Waals surface area contributed by atoms with Gasteiger partial charge in [0.2, 0.25) is 5.91 Å². The summed E-state index contributed by atoms with van der Waals surface area (Å²) in [6.07, 6.45) is 1.41. The van der Waals surface area contributed by atoms with Gasteiger partial charge in [-0.2, -0.15) is 9.90 Å². The molecule has 0 unspecified atom stereocenters. The predicted molar refractivity (Wildman–Crippen MR) is 90.1 cm³/mol. The minimum absolute atomic E-state index is 0.149. The molecule has 3 aromatic rings. The molecule has 2 amide bonds. The molecule has 2 N–H and O–H groups in total. The Balaban J connectivity index is 1.69. The highest BCUT2D eigenvalue weighted by Gasteiger charge is 2.11. The Labute approximate surface area is 138 Å². The van der Waals surface area contributed by atoms with Crippen molar-refractivity contribution in [2.24, 2.45) is 0 Å². The summed E-state index contributed by atoms with van der Waals surface area (Å²) in [5.41, 5.74) is 2.25. The minimum atomic E-state index is -0.357. The zero-order valence-corrected chi connectivity index (χ0v) is 12.9. The highest BCUT2D eigenvalue weighted by Crippen LogP contribution is 2.14. The Hall–Kier alpha value is -3.48. The number of aromatic nitrogens is 3. The molecule has 0 radical (unpaired) electrons. The SMILES string of the molecule is CC(=O)Nc1ccc(NC(=O)c2cnn(-c3ccccc3)n2)cc1. The van der Waals surface area contributed by atoms with E-state index in [1.54, 1.807) is 24.3 Å². The fourth-order valence-electron chi connectivity index (χ4n) is 2.09. The summed E-state index contributed by atoms with van der Waals surface area (Å²) >= 11 is 0. The fraction of sp³-hybridized carbons (Fsp3) is 0.0588. The van der Waals surface area contributed by atoms with Crippen LogP contribution in [0, 0.1) is 0 Å². The number of carbonyl (C=O) groups excluding carboxylic acids is 2. The second-order valence-electron chi connectivity index (χ2n) is 5.07. The van der Waals surface area contributed by atoms with Gasteiger partial charge in [-0.3, -0.25) is 9.59 Å². The van der Waals surface area contributed by atoms with E-state index in [4.69, 9.17) is 0 Å². The molecule has 3 rings (SSSR count). The smallest absolute Gasteiger partial charge is 0.277 e. The second kappa shape index (κ2) is 6.74. The standard InChI is InChI=1S/C17H15N5O2/c1-12(23)19-13-7-9-14(10-8-13)20-17(24)16-11-18-22(21-16)15-5-3-2-4-6-15/h2-11H,1H3,(H,19,23)(H,20,24). The van der Waals surface area contributed by atoms with Crippen molar-refractivity contribution in [1.29, 1.82) is 0 Å². The van der Waals surface area contributed by atoms with Crippen LogP contribution in [0.2, 0.25) is 0 Å². The summed E-state index contributed by atoms with van der Waals surface area (Å²) in [6, 6.07) is 16.1. The lowest BCUT2D eigenvalue weighted by atomic mass is 10.2. The van der Waals surface area contributed by atoms with E-state index in [1.807, 2.05) is 30.3 Å². The van der Waals surface area contributed by atoms with Gasteiger partial charge < -0.3 is 10.6 Å². The molecule has 120 valence electrons. The lowest BCUT2D eigenvalue weighted by Crippen LogP contribution is -2.13. The quantitative estimate of drug-likeness (QED) is 0.772. The van der Waals surface area contributed by atoms with Crippen molar-refractivity contribution in [3.8, 4) is 5.69 Å². The van der Waals surface area contributed by atoms with Gasteiger partial charge in [-0.1, -0.05) is 18.2 Å². The summed E-state index contributed by atoms with van der Waals surface area (Å²) in [6.45, 7) is 1.44. The van der Waals surface area contributed by atoms with Crippen LogP contribution in [-0.4, -0.2) is 26.8 Å². The number of hydrogen-bond donors (Lipinski definition) is 2. The molecule has 1 heterocycles. The third kappa shape index (κ3) is 3.64. The molecule has 0 fully saturated rings. The Morgan fingerprint density at radius 2 is 1.54 bits per heavy atom. The molecule has 2 aromatic carbocycles. The van der Waals surface area contributed by atoms with E-state index in [9.17, 15) is 9.59 Å². The molecule has 0 bridgehead atoms. The van der Waals surface area contributed by atoms with E-state index in [0.29, 0.717) is 11.4 Å². The van der Waals surface area contributed by atoms with Crippen molar-refractivity contribution in [1.82, 2.24) is 15.0 Å². The number of benzene rings is 2. The van der Waals surface area contributed by atoms with Gasteiger partial charge in [-0.25, -0.2) is 0 Å². The van der Waals surface area contributed by atoms with Crippen molar-refractivity contribution < 1.29 is 9.59 Å². The first-order valence-corrected chi connectivity index (χ1v) is 7.28. The van der Waals surface area contributed by atoms with Gasteiger partial charge >= 0.3 is 0 Å². The third-order valence-electron chi connectivity index (χ3n) is 3.17. The molecule has 0 saturated carbocycles. The number of carbonyl (C=O) groups is 2. The van der Waals surface area contributed by atoms with Crippen LogP contribution < -0.4 is 10.6 Å². The van der Waals surface area contributed by atoms with Gasteiger partial charge in [0.25, 0.3) is 5.91 Å². The molecule has 1 aromatic heterocycles. The first kappa shape index (κ1) is 15.4. The van der Waals surface area contributed by atoms with E-state index in [2.05, 4.69) is 20.8 Å². The Bertz CT molecular complexity index is 856. The van der Waals surface area contributed by atoms with Crippen LogP contribution in [-0.2, 0) is 4.79 Å². The maximum Gasteiger partial charge on any atom is 0.277 e. The second-order valence-corrected chi connectivity index (χ2v) is 5.07. The summed E-state index contributed by atoms with van der Waals surface area (Å²) in [5, 5.41) is 13.7. The van der Waals surface area contributed by atoms with E-state index in [-0.39, 0.29) is 17.5 Å². The van der Waals surface area contributed by atoms with Crippen LogP contribution in [0.25, 0.3) is 5.69 Å². The van der Waals surface area contributed by atoms with Crippen LogP contribution in [0.1, 0.15) is 17.4 Å². The first-order valence-electron chi connectivity index (χ1n) is 7.28. The largest absolute Gasteiger partial charge is 0.326 e. The van der Waals surface area contributed by atoms with E-state index >= 15 is 0 Å². The molecule has 7 heteroatoms. The normalized spacial score (nSPS) is 10.2. The van der Waals surface area contributed by atoms with E-state index in [1.165, 1.54) is 17.9 Å². The van der Waals surface area contributed by atoms with Crippen molar-refractivity contribution in [2.75, 3.05) is 10.6 Å². The fourth-order valence-corrected chi connectivity index (χ4v) is 2.09. The molecule has 0 spiro atoms. The van der Waals surface area contributed by atoms with Crippen molar-refractivity contribution >= 4 is 23.2 Å². The summed E-state index contributed by atoms with van der Waals surface area (Å²) in [5.74, 6) is -0.506. The van der Waals surface area contributed by atoms with Crippen molar-refractivity contribution in [3.63, 3.8) is 0 Å². The van der Waals surface area contributed by atoms with Crippen molar-refractivity contribution in [2.45, 2.75) is 6.92 Å². The summed E-state index contributed by atoms with van der Waals surface area (Å²) in [7, 11) is 0. The number of anilines is 2. The van der Waals surface area contributed by atoms with Gasteiger partial charge in [0, 0.05) is 18.3 Å². The average Bonchev–Trinajstić information content (AvgIpc) is 3.07. The van der Waals surface area contributed by atoms with Gasteiger partial charge in [0.15, 0.2) is 5.69 Å². The topological polar surface area (TPSA) is 88.9 Å². The van der Waals surface area contributed by atoms with Gasteiger partial charge in [-0.15, -0.1) is 5.10 Å². The van der Waals surface area contributed by atoms with Crippen LogP contribution in [0.4, 0.5) is 11.4 Å². The van der Waals surface area contributed by atoms with Gasteiger partial charge in [0.05, 0.1) is 11.9 Å². The molecule has 0 atom stereocenters. The molecule has 0 aliphatic rings. The predicted octanol–water partition coefficient (Wildman–Crippen LogP) is 2.48. The molecule has 0 aliphatic heterocycles. The Morgan fingerprint density at radius 1 is 0.917 bits per heavy atom. The summed E-state index contributed by atoms with van der Waals surface area (Å²) < 4.78 is 0. The van der Waals surface area contributed by atoms with Gasteiger partial charge in [-0.05, 0) is 36.4 Å². The number of rotatable bonds is 4. The number of para-hydroxylation sites is 1. The first-order chi connectivity index (χ1) is 11.6. The maximum atomic E-state index is 12.2. The Morgan fingerprint density at radius 3 is 2.17 bits per heavy atom. The number of hydrogen-bond acceptors (Lipinski definition) is 4. The van der Waals surface area contributed by atoms with Crippen LogP contribution in [0.3, 0.4) is 0 Å². The number of nitrogens with zero attached hydrogens (tertiary/aromatic N) is 3. The molecule has 24 heavy (non-hydrogen) atoms. The van der Waals surface area contributed by atoms with Crippen LogP contribution in [0.15, 0.2) is 60.8 Å². The van der Waals surface area contributed by atoms with E-state index < -0.39 is 0 Å². The molecule has 0 aliphatic carbocycles. The van der Waals surface area contributed by atoms with Crippen LogP contribution in [0.5, 0.6) is 0 Å². The highest BCUT2D eigenvalue weighted by molar-refractivity contribution is 6.02. The molecule has 7 nitrogen and oxygen atoms in total. The summed E-state index contributed by atoms with van der Waals surface area (Å²) in [4.78, 5) is 24.6. The lowest BCUT2D eigenvalue weighted by Gasteiger charge is -2.05. The molecular formula is C17H15N5O2. The third-order valence-corrected chi connectivity index (χ3v) is 3.17. The molecule has 0 saturated heterocycles. The number of amides is 2. The van der Waals surface area contributed by atoms with Crippen molar-refractivity contribution in [3.05, 3.63) is 66.5 Å². The Kier molecular flexibility index (Phi) is 4.33. The molecular weight excluding hydrogens is 306 g/mol. The zero-order chi connectivity index (χ0) is 16.9. The lowest BCUT2D eigenvalue weighted by molar-refractivity contribution is -0.114.